The predicted octanol–water partition coefficient (Wildman–Crippen LogP) is 2.78. The van der Waals surface area contributed by atoms with Gasteiger partial charge in [0, 0.05) is 36.1 Å². The fourth-order valence-electron chi connectivity index (χ4n) is 2.42. The van der Waals surface area contributed by atoms with Crippen molar-refractivity contribution in [3.8, 4) is 11.3 Å². The maximum atomic E-state index is 13.0. The molecule has 2 amide bonds. The van der Waals surface area contributed by atoms with Crippen LogP contribution in [0.3, 0.4) is 0 Å². The number of nitro benzene ring substituents is 1. The van der Waals surface area contributed by atoms with E-state index in [2.05, 4.69) is 15.8 Å². The Morgan fingerprint density at radius 3 is 2.62 bits per heavy atom. The zero-order valence-corrected chi connectivity index (χ0v) is 14.9. The lowest BCUT2D eigenvalue weighted by Crippen LogP contribution is -2.41. The standard InChI is InChI=1S/C19H15FN4O5/c20-14-6-4-12(5-7-14)16-11-21-18(29-16)9-8-17(25)22-23-19(26)13-2-1-3-15(10-13)24(27)28/h1-7,10-11H,8-9H2,(H,22,25)(H,23,26). The van der Waals surface area contributed by atoms with E-state index >= 15 is 0 Å². The van der Waals surface area contributed by atoms with Gasteiger partial charge in [0.05, 0.1) is 11.1 Å². The highest BCUT2D eigenvalue weighted by molar-refractivity contribution is 5.95. The number of amides is 2. The van der Waals surface area contributed by atoms with Crippen LogP contribution in [0.4, 0.5) is 10.1 Å². The maximum Gasteiger partial charge on any atom is 0.270 e. The number of hydrazine groups is 1. The number of aromatic nitrogens is 1. The number of benzene rings is 2. The minimum Gasteiger partial charge on any atom is -0.441 e. The summed E-state index contributed by atoms with van der Waals surface area (Å²) in [6, 6.07) is 10.8. The fourth-order valence-corrected chi connectivity index (χ4v) is 2.42. The predicted molar refractivity (Wildman–Crippen MR) is 98.9 cm³/mol. The SMILES string of the molecule is O=C(CCc1ncc(-c2ccc(F)cc2)o1)NNC(=O)c1cccc([N+](=O)[O-])c1. The molecule has 0 fully saturated rings. The van der Waals surface area contributed by atoms with Gasteiger partial charge >= 0.3 is 0 Å². The smallest absolute Gasteiger partial charge is 0.270 e. The highest BCUT2D eigenvalue weighted by Gasteiger charge is 2.13. The van der Waals surface area contributed by atoms with Gasteiger partial charge in [0.25, 0.3) is 11.6 Å². The number of nitro groups is 1. The van der Waals surface area contributed by atoms with Gasteiger partial charge in [-0.05, 0) is 30.3 Å². The number of non-ortho nitro benzene ring substituents is 1. The number of carbonyl (C=O) groups excluding carboxylic acids is 2. The zero-order valence-electron chi connectivity index (χ0n) is 14.9. The summed E-state index contributed by atoms with van der Waals surface area (Å²) in [7, 11) is 0. The van der Waals surface area contributed by atoms with Crippen LogP contribution in [0.5, 0.6) is 0 Å². The highest BCUT2D eigenvalue weighted by atomic mass is 19.1. The molecule has 0 spiro atoms. The van der Waals surface area contributed by atoms with Crippen LogP contribution in [0, 0.1) is 15.9 Å². The number of carbonyl (C=O) groups is 2. The van der Waals surface area contributed by atoms with Gasteiger partial charge in [-0.15, -0.1) is 0 Å². The maximum absolute atomic E-state index is 13.0. The highest BCUT2D eigenvalue weighted by Crippen LogP contribution is 2.21. The lowest BCUT2D eigenvalue weighted by atomic mass is 10.2. The minimum atomic E-state index is -0.684. The third kappa shape index (κ3) is 5.22. The topological polar surface area (TPSA) is 127 Å². The molecule has 0 aliphatic rings. The molecule has 1 aromatic heterocycles. The first-order chi connectivity index (χ1) is 13.9. The molecule has 0 saturated carbocycles. The number of hydrogen-bond donors (Lipinski definition) is 2. The summed E-state index contributed by atoms with van der Waals surface area (Å²) in [6.45, 7) is 0. The van der Waals surface area contributed by atoms with E-state index in [1.54, 1.807) is 12.1 Å². The van der Waals surface area contributed by atoms with Crippen LogP contribution in [0.1, 0.15) is 22.7 Å². The molecule has 0 saturated heterocycles. The van der Waals surface area contributed by atoms with Crippen molar-refractivity contribution >= 4 is 17.5 Å². The molecule has 0 aliphatic carbocycles. The average Bonchev–Trinajstić information content (AvgIpc) is 3.20. The Morgan fingerprint density at radius 2 is 1.90 bits per heavy atom. The average molecular weight is 398 g/mol. The van der Waals surface area contributed by atoms with Gasteiger partial charge in [-0.25, -0.2) is 9.37 Å². The first-order valence-corrected chi connectivity index (χ1v) is 8.46. The van der Waals surface area contributed by atoms with E-state index in [1.807, 2.05) is 0 Å². The number of oxazole rings is 1. The molecule has 0 radical (unpaired) electrons. The van der Waals surface area contributed by atoms with Crippen LogP contribution >= 0.6 is 0 Å². The molecule has 10 heteroatoms. The van der Waals surface area contributed by atoms with Crippen molar-refractivity contribution < 1.29 is 23.3 Å². The normalized spacial score (nSPS) is 10.4. The van der Waals surface area contributed by atoms with Crippen molar-refractivity contribution in [2.75, 3.05) is 0 Å². The second-order valence-corrected chi connectivity index (χ2v) is 5.93. The molecule has 9 nitrogen and oxygen atoms in total. The second-order valence-electron chi connectivity index (χ2n) is 5.93. The largest absolute Gasteiger partial charge is 0.441 e. The quantitative estimate of drug-likeness (QED) is 0.485. The van der Waals surface area contributed by atoms with E-state index in [4.69, 9.17) is 4.42 Å². The lowest BCUT2D eigenvalue weighted by molar-refractivity contribution is -0.384. The molecule has 0 atom stereocenters. The molecule has 148 valence electrons. The number of aryl methyl sites for hydroxylation is 1. The van der Waals surface area contributed by atoms with Crippen LogP contribution in [0.15, 0.2) is 59.1 Å². The van der Waals surface area contributed by atoms with Crippen LogP contribution < -0.4 is 10.9 Å². The Morgan fingerprint density at radius 1 is 1.14 bits per heavy atom. The van der Waals surface area contributed by atoms with Gasteiger partial charge in [0.1, 0.15) is 5.82 Å². The summed E-state index contributed by atoms with van der Waals surface area (Å²) in [4.78, 5) is 38.1. The van der Waals surface area contributed by atoms with E-state index in [-0.39, 0.29) is 29.9 Å². The van der Waals surface area contributed by atoms with Crippen LogP contribution in [0.2, 0.25) is 0 Å². The fraction of sp³-hybridized carbons (Fsp3) is 0.105. The number of nitrogens with zero attached hydrogens (tertiary/aromatic N) is 2. The summed E-state index contributed by atoms with van der Waals surface area (Å²) >= 11 is 0. The summed E-state index contributed by atoms with van der Waals surface area (Å²) in [5, 5.41) is 10.7. The monoisotopic (exact) mass is 398 g/mol. The van der Waals surface area contributed by atoms with Crippen molar-refractivity contribution in [3.63, 3.8) is 0 Å². The Balaban J connectivity index is 1.49. The van der Waals surface area contributed by atoms with E-state index < -0.39 is 16.7 Å². The van der Waals surface area contributed by atoms with E-state index in [0.29, 0.717) is 17.2 Å². The van der Waals surface area contributed by atoms with E-state index in [0.717, 1.165) is 6.07 Å². The molecular weight excluding hydrogens is 383 g/mol. The van der Waals surface area contributed by atoms with Crippen molar-refractivity contribution in [3.05, 3.63) is 82.1 Å². The van der Waals surface area contributed by atoms with Crippen molar-refractivity contribution in [1.82, 2.24) is 15.8 Å². The van der Waals surface area contributed by atoms with Crippen molar-refractivity contribution in [1.29, 1.82) is 0 Å². The molecular formula is C19H15FN4O5. The van der Waals surface area contributed by atoms with Crippen LogP contribution in [-0.2, 0) is 11.2 Å². The van der Waals surface area contributed by atoms with Gasteiger partial charge in [0.15, 0.2) is 11.7 Å². The number of rotatable bonds is 6. The first kappa shape index (κ1) is 19.7. The minimum absolute atomic E-state index is 0.0153. The summed E-state index contributed by atoms with van der Waals surface area (Å²) in [6.07, 6.45) is 1.64. The van der Waals surface area contributed by atoms with Gasteiger partial charge in [-0.1, -0.05) is 6.07 Å². The molecule has 0 bridgehead atoms. The first-order valence-electron chi connectivity index (χ1n) is 8.46. The van der Waals surface area contributed by atoms with E-state index in [1.165, 1.54) is 36.5 Å². The molecule has 0 aliphatic heterocycles. The molecule has 2 N–H and O–H groups in total. The van der Waals surface area contributed by atoms with Gasteiger partial charge in [0.2, 0.25) is 5.91 Å². The number of halogens is 1. The molecule has 2 aromatic carbocycles. The third-order valence-corrected chi connectivity index (χ3v) is 3.88. The van der Waals surface area contributed by atoms with Crippen LogP contribution in [-0.4, -0.2) is 21.7 Å². The van der Waals surface area contributed by atoms with Crippen molar-refractivity contribution in [2.45, 2.75) is 12.8 Å². The van der Waals surface area contributed by atoms with Gasteiger partial charge in [-0.2, -0.15) is 0 Å². The Hall–Kier alpha value is -4.08. The van der Waals surface area contributed by atoms with Crippen LogP contribution in [0.25, 0.3) is 11.3 Å². The molecule has 1 heterocycles. The summed E-state index contributed by atoms with van der Waals surface area (Å²) < 4.78 is 18.5. The Labute approximate surface area is 163 Å². The second kappa shape index (κ2) is 8.74. The number of nitrogens with one attached hydrogen (secondary N) is 2. The number of hydrogen-bond acceptors (Lipinski definition) is 6. The molecule has 3 aromatic rings. The Kier molecular flexibility index (Phi) is 5.93. The van der Waals surface area contributed by atoms with Crippen molar-refractivity contribution in [2.24, 2.45) is 0 Å². The summed E-state index contributed by atoms with van der Waals surface area (Å²) in [5.41, 5.74) is 4.87. The third-order valence-electron chi connectivity index (χ3n) is 3.88. The molecule has 3 rings (SSSR count). The van der Waals surface area contributed by atoms with Gasteiger partial charge < -0.3 is 4.42 Å². The molecule has 0 unspecified atom stereocenters. The van der Waals surface area contributed by atoms with Gasteiger partial charge in [-0.3, -0.25) is 30.6 Å². The Bertz CT molecular complexity index is 1050. The lowest BCUT2D eigenvalue weighted by Gasteiger charge is -2.06. The van der Waals surface area contributed by atoms with E-state index in [9.17, 15) is 24.1 Å². The zero-order chi connectivity index (χ0) is 20.8. The summed E-state index contributed by atoms with van der Waals surface area (Å²) in [5.74, 6) is -0.789. The molecule has 29 heavy (non-hydrogen) atoms.